The molecule has 2 rings (SSSR count). The van der Waals surface area contributed by atoms with Crippen LogP contribution in [0.1, 0.15) is 5.56 Å². The third-order valence-corrected chi connectivity index (χ3v) is 2.83. The fraction of sp³-hybridized carbons (Fsp3) is 0.200. The molecule has 21 heavy (non-hydrogen) atoms. The van der Waals surface area contributed by atoms with Gasteiger partial charge in [-0.15, -0.1) is 0 Å². The largest absolute Gasteiger partial charge is 0.454 e. The second-order valence-electron chi connectivity index (χ2n) is 4.71. The van der Waals surface area contributed by atoms with E-state index in [0.29, 0.717) is 10.9 Å². The molecule has 0 bridgehead atoms. The number of hydrogen-bond donors (Lipinski definition) is 0. The Kier molecular flexibility index (Phi) is 3.97. The van der Waals surface area contributed by atoms with E-state index >= 15 is 0 Å². The van der Waals surface area contributed by atoms with Crippen molar-refractivity contribution in [3.63, 3.8) is 0 Å². The van der Waals surface area contributed by atoms with E-state index < -0.39 is 17.5 Å². The fourth-order valence-corrected chi connectivity index (χ4v) is 1.99. The lowest BCUT2D eigenvalue weighted by Crippen LogP contribution is -2.25. The number of pyridine rings is 1. The standard InChI is InChI=1S/C15H13F3N2O/c1-20(2)9-12(14(21)15(16,17)18)10-7-8-19-13-6-4-3-5-11(10)13/h3-9H,1-2H3. The van der Waals surface area contributed by atoms with Crippen LogP contribution in [0.5, 0.6) is 0 Å². The van der Waals surface area contributed by atoms with Crippen molar-refractivity contribution in [1.29, 1.82) is 0 Å². The van der Waals surface area contributed by atoms with Gasteiger partial charge in [0.05, 0.1) is 11.1 Å². The third kappa shape index (κ3) is 3.21. The van der Waals surface area contributed by atoms with Crippen molar-refractivity contribution in [1.82, 2.24) is 9.88 Å². The normalized spacial score (nSPS) is 12.5. The monoisotopic (exact) mass is 294 g/mol. The predicted molar refractivity (Wildman–Crippen MR) is 74.5 cm³/mol. The molecule has 0 saturated carbocycles. The Morgan fingerprint density at radius 1 is 1.19 bits per heavy atom. The highest BCUT2D eigenvalue weighted by Crippen LogP contribution is 2.30. The molecule has 3 nitrogen and oxygen atoms in total. The number of halogens is 3. The number of nitrogens with zero attached hydrogens (tertiary/aromatic N) is 2. The molecule has 2 aromatic rings. The number of hydrogen-bond acceptors (Lipinski definition) is 3. The molecule has 6 heteroatoms. The van der Waals surface area contributed by atoms with Crippen LogP contribution < -0.4 is 0 Å². The molecule has 0 saturated heterocycles. The number of carbonyl (C=O) groups is 1. The molecule has 0 spiro atoms. The number of carbonyl (C=O) groups excluding carboxylic acids is 1. The molecular formula is C15H13F3N2O. The van der Waals surface area contributed by atoms with Crippen molar-refractivity contribution in [3.8, 4) is 0 Å². The summed E-state index contributed by atoms with van der Waals surface area (Å²) in [5, 5.41) is 0.505. The van der Waals surface area contributed by atoms with Crippen LogP contribution >= 0.6 is 0 Å². The van der Waals surface area contributed by atoms with Crippen LogP contribution in [0.4, 0.5) is 13.2 Å². The summed E-state index contributed by atoms with van der Waals surface area (Å²) in [5.74, 6) is -1.87. The van der Waals surface area contributed by atoms with Gasteiger partial charge in [0, 0.05) is 31.9 Å². The zero-order valence-corrected chi connectivity index (χ0v) is 11.5. The minimum absolute atomic E-state index is 0.219. The van der Waals surface area contributed by atoms with Gasteiger partial charge in [0.2, 0.25) is 0 Å². The molecule has 0 atom stereocenters. The van der Waals surface area contributed by atoms with Crippen LogP contribution in [0.25, 0.3) is 16.5 Å². The number of alkyl halides is 3. The molecular weight excluding hydrogens is 281 g/mol. The van der Waals surface area contributed by atoms with Gasteiger partial charge in [-0.2, -0.15) is 13.2 Å². The molecule has 1 aromatic heterocycles. The van der Waals surface area contributed by atoms with Crippen LogP contribution in [0.3, 0.4) is 0 Å². The highest BCUT2D eigenvalue weighted by molar-refractivity contribution is 6.25. The Labute approximate surface area is 119 Å². The lowest BCUT2D eigenvalue weighted by Gasteiger charge is -2.14. The van der Waals surface area contributed by atoms with Crippen LogP contribution in [0, 0.1) is 0 Å². The Balaban J connectivity index is 2.69. The summed E-state index contributed by atoms with van der Waals surface area (Å²) in [4.78, 5) is 17.2. The summed E-state index contributed by atoms with van der Waals surface area (Å²) in [6, 6.07) is 8.18. The Bertz CT molecular complexity index is 700. The van der Waals surface area contributed by atoms with Gasteiger partial charge in [-0.1, -0.05) is 18.2 Å². The maximum absolute atomic E-state index is 12.8. The SMILES string of the molecule is CN(C)C=C(C(=O)C(F)(F)F)c1ccnc2ccccc12. The van der Waals surface area contributed by atoms with E-state index in [-0.39, 0.29) is 5.56 Å². The number of para-hydroxylation sites is 1. The number of benzene rings is 1. The molecule has 0 aliphatic rings. The number of allylic oxidation sites excluding steroid dienone is 1. The van der Waals surface area contributed by atoms with Gasteiger partial charge in [-0.25, -0.2) is 0 Å². The van der Waals surface area contributed by atoms with Crippen molar-refractivity contribution in [3.05, 3.63) is 48.3 Å². The van der Waals surface area contributed by atoms with Gasteiger partial charge in [0.25, 0.3) is 5.78 Å². The van der Waals surface area contributed by atoms with Crippen LogP contribution in [0.2, 0.25) is 0 Å². The third-order valence-electron chi connectivity index (χ3n) is 2.83. The van der Waals surface area contributed by atoms with E-state index in [4.69, 9.17) is 0 Å². The van der Waals surface area contributed by atoms with Gasteiger partial charge in [0.1, 0.15) is 0 Å². The summed E-state index contributed by atoms with van der Waals surface area (Å²) in [5.41, 5.74) is 0.359. The minimum atomic E-state index is -4.92. The first-order chi connectivity index (χ1) is 9.80. The van der Waals surface area contributed by atoms with Crippen molar-refractivity contribution in [2.75, 3.05) is 14.1 Å². The van der Waals surface area contributed by atoms with Crippen molar-refractivity contribution >= 4 is 22.3 Å². The number of aromatic nitrogens is 1. The topological polar surface area (TPSA) is 33.2 Å². The molecule has 0 unspecified atom stereocenters. The van der Waals surface area contributed by atoms with Crippen molar-refractivity contribution < 1.29 is 18.0 Å². The average Bonchev–Trinajstić information content (AvgIpc) is 2.42. The summed E-state index contributed by atoms with van der Waals surface area (Å²) in [7, 11) is 3.13. The summed E-state index contributed by atoms with van der Waals surface area (Å²) >= 11 is 0. The van der Waals surface area contributed by atoms with E-state index in [2.05, 4.69) is 4.98 Å². The van der Waals surface area contributed by atoms with E-state index in [1.807, 2.05) is 0 Å². The molecule has 0 amide bonds. The predicted octanol–water partition coefficient (Wildman–Crippen LogP) is 3.27. The molecule has 0 fully saturated rings. The van der Waals surface area contributed by atoms with E-state index in [0.717, 1.165) is 0 Å². The van der Waals surface area contributed by atoms with Crippen LogP contribution in [-0.4, -0.2) is 35.9 Å². The first-order valence-corrected chi connectivity index (χ1v) is 6.14. The maximum atomic E-state index is 12.8. The zero-order chi connectivity index (χ0) is 15.6. The minimum Gasteiger partial charge on any atom is -0.383 e. The van der Waals surface area contributed by atoms with Crippen molar-refractivity contribution in [2.24, 2.45) is 0 Å². The molecule has 110 valence electrons. The molecule has 1 aromatic carbocycles. The van der Waals surface area contributed by atoms with Gasteiger partial charge in [-0.3, -0.25) is 9.78 Å². The molecule has 1 heterocycles. The van der Waals surface area contributed by atoms with Gasteiger partial charge in [0.15, 0.2) is 0 Å². The van der Waals surface area contributed by atoms with E-state index in [1.165, 1.54) is 23.4 Å². The second kappa shape index (κ2) is 5.55. The first-order valence-electron chi connectivity index (χ1n) is 6.14. The fourth-order valence-electron chi connectivity index (χ4n) is 1.99. The lowest BCUT2D eigenvalue weighted by atomic mass is 9.98. The lowest BCUT2D eigenvalue weighted by molar-refractivity contribution is -0.164. The summed E-state index contributed by atoms with van der Waals surface area (Å²) in [6.07, 6.45) is -2.35. The molecule has 0 aliphatic carbocycles. The highest BCUT2D eigenvalue weighted by Gasteiger charge is 2.41. The summed E-state index contributed by atoms with van der Waals surface area (Å²) < 4.78 is 38.4. The molecule has 0 aliphatic heterocycles. The number of rotatable bonds is 3. The Morgan fingerprint density at radius 2 is 1.86 bits per heavy atom. The van der Waals surface area contributed by atoms with Gasteiger partial charge in [-0.05, 0) is 17.7 Å². The van der Waals surface area contributed by atoms with Crippen LogP contribution in [0.15, 0.2) is 42.7 Å². The molecule has 0 N–H and O–H groups in total. The molecule has 0 radical (unpaired) electrons. The number of fused-ring (bicyclic) bond motifs is 1. The first kappa shape index (κ1) is 15.0. The Hall–Kier alpha value is -2.37. The Morgan fingerprint density at radius 3 is 2.48 bits per heavy atom. The number of ketones is 1. The van der Waals surface area contributed by atoms with E-state index in [9.17, 15) is 18.0 Å². The number of Topliss-reactive ketones (excluding diaryl/α,β-unsaturated/α-hetero) is 1. The van der Waals surface area contributed by atoms with Gasteiger partial charge < -0.3 is 4.90 Å². The summed E-state index contributed by atoms with van der Waals surface area (Å²) in [6.45, 7) is 0. The smallest absolute Gasteiger partial charge is 0.383 e. The van der Waals surface area contributed by atoms with Gasteiger partial charge >= 0.3 is 6.18 Å². The zero-order valence-electron chi connectivity index (χ0n) is 11.5. The van der Waals surface area contributed by atoms with E-state index in [1.54, 1.807) is 38.4 Å². The van der Waals surface area contributed by atoms with Crippen molar-refractivity contribution in [2.45, 2.75) is 6.18 Å². The van der Waals surface area contributed by atoms with Crippen LogP contribution in [-0.2, 0) is 4.79 Å². The highest BCUT2D eigenvalue weighted by atomic mass is 19.4. The second-order valence-corrected chi connectivity index (χ2v) is 4.71. The average molecular weight is 294 g/mol. The maximum Gasteiger partial charge on any atom is 0.454 e. The quantitative estimate of drug-likeness (QED) is 0.815.